The highest BCUT2D eigenvalue weighted by atomic mass is 35.5. The Morgan fingerprint density at radius 2 is 1.52 bits per heavy atom. The maximum atomic E-state index is 11.9. The second-order valence-electron chi connectivity index (χ2n) is 5.43. The van der Waals surface area contributed by atoms with Gasteiger partial charge in [-0.3, -0.25) is 30.0 Å². The number of hydrogen-bond acceptors (Lipinski definition) is 5. The number of carbonyl (C=O) groups excluding carboxylic acids is 4. The van der Waals surface area contributed by atoms with Crippen LogP contribution in [0.15, 0.2) is 54.6 Å². The Bertz CT molecular complexity index is 839. The fraction of sp³-hybridized carbons (Fsp3) is 0.158. The van der Waals surface area contributed by atoms with E-state index in [0.29, 0.717) is 5.56 Å². The molecule has 2 amide bonds. The topological polar surface area (TPSA) is 102 Å². The van der Waals surface area contributed by atoms with Crippen LogP contribution in [-0.2, 0) is 14.3 Å². The summed E-state index contributed by atoms with van der Waals surface area (Å²) in [7, 11) is 0. The molecule has 0 radical (unpaired) electrons. The van der Waals surface area contributed by atoms with E-state index >= 15 is 0 Å². The molecule has 0 heterocycles. The van der Waals surface area contributed by atoms with E-state index in [1.54, 1.807) is 42.5 Å². The van der Waals surface area contributed by atoms with Crippen LogP contribution >= 0.6 is 11.6 Å². The second-order valence-corrected chi connectivity index (χ2v) is 5.84. The molecule has 2 aromatic carbocycles. The second kappa shape index (κ2) is 10.1. The van der Waals surface area contributed by atoms with Crippen LogP contribution in [0.2, 0.25) is 5.02 Å². The standard InChI is InChI=1S/C19H17ClN2O5/c20-15-9-5-4-8-14(15)19(26)22-21-17(24)12-27-18(25)11-10-16(23)13-6-2-1-3-7-13/h1-9H,10-12H2,(H,21,24)(H,22,26). The number of esters is 1. The summed E-state index contributed by atoms with van der Waals surface area (Å²) in [6.45, 7) is -0.582. The minimum absolute atomic E-state index is 0.0201. The molecule has 27 heavy (non-hydrogen) atoms. The predicted molar refractivity (Wildman–Crippen MR) is 98.0 cm³/mol. The molecule has 0 atom stereocenters. The number of amides is 2. The Balaban J connectivity index is 1.67. The molecule has 0 aliphatic heterocycles. The zero-order valence-electron chi connectivity index (χ0n) is 14.2. The van der Waals surface area contributed by atoms with Gasteiger partial charge in [-0.05, 0) is 12.1 Å². The first-order valence-electron chi connectivity index (χ1n) is 8.05. The molecule has 0 saturated carbocycles. The molecule has 0 fully saturated rings. The predicted octanol–water partition coefficient (Wildman–Crippen LogP) is 2.31. The fourth-order valence-corrected chi connectivity index (χ4v) is 2.30. The highest BCUT2D eigenvalue weighted by Crippen LogP contribution is 2.14. The number of benzene rings is 2. The average Bonchev–Trinajstić information content (AvgIpc) is 2.69. The number of rotatable bonds is 7. The molecular weight excluding hydrogens is 372 g/mol. The Kier molecular flexibility index (Phi) is 7.51. The molecule has 2 rings (SSSR count). The van der Waals surface area contributed by atoms with Crippen molar-refractivity contribution in [1.82, 2.24) is 10.9 Å². The van der Waals surface area contributed by atoms with Gasteiger partial charge in [0.15, 0.2) is 12.4 Å². The fourth-order valence-electron chi connectivity index (χ4n) is 2.08. The third kappa shape index (κ3) is 6.56. The van der Waals surface area contributed by atoms with E-state index in [2.05, 4.69) is 10.9 Å². The lowest BCUT2D eigenvalue weighted by Gasteiger charge is -2.09. The molecule has 0 aromatic heterocycles. The lowest BCUT2D eigenvalue weighted by molar-refractivity contribution is -0.148. The number of halogens is 1. The third-order valence-electron chi connectivity index (χ3n) is 3.45. The van der Waals surface area contributed by atoms with Crippen molar-refractivity contribution in [1.29, 1.82) is 0 Å². The van der Waals surface area contributed by atoms with Crippen molar-refractivity contribution in [2.45, 2.75) is 12.8 Å². The van der Waals surface area contributed by atoms with Gasteiger partial charge in [0.05, 0.1) is 17.0 Å². The van der Waals surface area contributed by atoms with Crippen LogP contribution in [0.1, 0.15) is 33.6 Å². The van der Waals surface area contributed by atoms with Crippen LogP contribution in [0.25, 0.3) is 0 Å². The van der Waals surface area contributed by atoms with Crippen LogP contribution in [0.4, 0.5) is 0 Å². The molecule has 2 N–H and O–H groups in total. The normalized spacial score (nSPS) is 9.96. The summed E-state index contributed by atoms with van der Waals surface area (Å²) >= 11 is 5.87. The van der Waals surface area contributed by atoms with Gasteiger partial charge in [0.25, 0.3) is 11.8 Å². The molecule has 7 nitrogen and oxygen atoms in total. The minimum atomic E-state index is -0.724. The van der Waals surface area contributed by atoms with E-state index in [-0.39, 0.29) is 29.2 Å². The quantitative estimate of drug-likeness (QED) is 0.430. The zero-order chi connectivity index (χ0) is 19.6. The highest BCUT2D eigenvalue weighted by molar-refractivity contribution is 6.33. The highest BCUT2D eigenvalue weighted by Gasteiger charge is 2.13. The molecule has 0 saturated heterocycles. The maximum Gasteiger partial charge on any atom is 0.306 e. The van der Waals surface area contributed by atoms with Gasteiger partial charge in [-0.2, -0.15) is 0 Å². The van der Waals surface area contributed by atoms with E-state index in [1.807, 2.05) is 0 Å². The number of ether oxygens (including phenoxy) is 1. The molecule has 2 aromatic rings. The van der Waals surface area contributed by atoms with E-state index in [9.17, 15) is 19.2 Å². The monoisotopic (exact) mass is 388 g/mol. The molecule has 8 heteroatoms. The van der Waals surface area contributed by atoms with Crippen LogP contribution in [0.3, 0.4) is 0 Å². The molecular formula is C19H17ClN2O5. The van der Waals surface area contributed by atoms with Gasteiger partial charge in [-0.25, -0.2) is 0 Å². The van der Waals surface area contributed by atoms with Crippen LogP contribution in [0.5, 0.6) is 0 Å². The summed E-state index contributed by atoms with van der Waals surface area (Å²) in [6.07, 6.45) is -0.166. The van der Waals surface area contributed by atoms with Crippen molar-refractivity contribution in [2.75, 3.05) is 6.61 Å². The number of hydrazine groups is 1. The maximum absolute atomic E-state index is 11.9. The summed E-state index contributed by atoms with van der Waals surface area (Å²) in [5.41, 5.74) is 4.98. The Morgan fingerprint density at radius 1 is 0.852 bits per heavy atom. The van der Waals surface area contributed by atoms with Crippen LogP contribution in [-0.4, -0.2) is 30.2 Å². The van der Waals surface area contributed by atoms with E-state index in [0.717, 1.165) is 0 Å². The van der Waals surface area contributed by atoms with Gasteiger partial charge in [0, 0.05) is 12.0 Å². The number of carbonyl (C=O) groups is 4. The van der Waals surface area contributed by atoms with Crippen molar-refractivity contribution >= 4 is 35.2 Å². The Morgan fingerprint density at radius 3 is 2.22 bits per heavy atom. The van der Waals surface area contributed by atoms with Gasteiger partial charge in [0.1, 0.15) is 0 Å². The van der Waals surface area contributed by atoms with Crippen LogP contribution in [0, 0.1) is 0 Å². The summed E-state index contributed by atoms with van der Waals surface area (Å²) in [6, 6.07) is 14.9. The minimum Gasteiger partial charge on any atom is -0.455 e. The van der Waals surface area contributed by atoms with Gasteiger partial charge in [-0.15, -0.1) is 0 Å². The van der Waals surface area contributed by atoms with Crippen molar-refractivity contribution < 1.29 is 23.9 Å². The first kappa shape index (κ1) is 20.1. The summed E-state index contributed by atoms with van der Waals surface area (Å²) in [4.78, 5) is 47.0. The summed E-state index contributed by atoms with van der Waals surface area (Å²) in [5, 5.41) is 0.235. The summed E-state index contributed by atoms with van der Waals surface area (Å²) < 4.78 is 4.77. The first-order valence-corrected chi connectivity index (χ1v) is 8.42. The van der Waals surface area contributed by atoms with Gasteiger partial charge >= 0.3 is 5.97 Å². The molecule has 0 bridgehead atoms. The molecule has 0 spiro atoms. The number of hydrogen-bond donors (Lipinski definition) is 2. The third-order valence-corrected chi connectivity index (χ3v) is 3.78. The van der Waals surface area contributed by atoms with E-state index < -0.39 is 24.4 Å². The molecule has 0 aliphatic carbocycles. The van der Waals surface area contributed by atoms with Gasteiger partial charge < -0.3 is 4.74 Å². The Hall–Kier alpha value is -3.19. The van der Waals surface area contributed by atoms with Crippen molar-refractivity contribution in [3.05, 3.63) is 70.7 Å². The van der Waals surface area contributed by atoms with Crippen molar-refractivity contribution in [3.63, 3.8) is 0 Å². The van der Waals surface area contributed by atoms with Crippen LogP contribution < -0.4 is 10.9 Å². The molecule has 0 unspecified atom stereocenters. The Labute approximate surface area is 160 Å². The molecule has 0 aliphatic rings. The van der Waals surface area contributed by atoms with Gasteiger partial charge in [-0.1, -0.05) is 54.1 Å². The SMILES string of the molecule is O=C(COC(=O)CCC(=O)c1ccccc1)NNC(=O)c1ccccc1Cl. The lowest BCUT2D eigenvalue weighted by Crippen LogP contribution is -2.43. The number of ketones is 1. The lowest BCUT2D eigenvalue weighted by atomic mass is 10.1. The zero-order valence-corrected chi connectivity index (χ0v) is 15.0. The summed E-state index contributed by atoms with van der Waals surface area (Å²) in [5.74, 6) is -2.21. The van der Waals surface area contributed by atoms with Crippen molar-refractivity contribution in [2.24, 2.45) is 0 Å². The first-order chi connectivity index (χ1) is 13.0. The molecule has 140 valence electrons. The van der Waals surface area contributed by atoms with E-state index in [4.69, 9.17) is 16.3 Å². The largest absolute Gasteiger partial charge is 0.455 e. The number of Topliss-reactive ketones (excluding diaryl/α,β-unsaturated/α-hetero) is 1. The average molecular weight is 389 g/mol. The van der Waals surface area contributed by atoms with Gasteiger partial charge in [0.2, 0.25) is 0 Å². The van der Waals surface area contributed by atoms with E-state index in [1.165, 1.54) is 12.1 Å². The number of nitrogens with one attached hydrogen (secondary N) is 2. The smallest absolute Gasteiger partial charge is 0.306 e. The van der Waals surface area contributed by atoms with Crippen molar-refractivity contribution in [3.8, 4) is 0 Å².